The lowest BCUT2D eigenvalue weighted by molar-refractivity contribution is -0.120. The first kappa shape index (κ1) is 13.4. The van der Waals surface area contributed by atoms with Gasteiger partial charge in [-0.05, 0) is 17.9 Å². The fourth-order valence-electron chi connectivity index (χ4n) is 2.17. The minimum absolute atomic E-state index is 0.0145. The Morgan fingerprint density at radius 3 is 2.58 bits per heavy atom. The molecule has 0 unspecified atom stereocenters. The zero-order valence-corrected chi connectivity index (χ0v) is 10.7. The molecule has 0 aliphatic carbocycles. The van der Waals surface area contributed by atoms with E-state index < -0.39 is 6.09 Å². The van der Waals surface area contributed by atoms with Crippen LogP contribution in [-0.4, -0.2) is 41.6 Å². The summed E-state index contributed by atoms with van der Waals surface area (Å²) >= 11 is 0. The number of carboxylic acid groups (broad SMARTS) is 1. The summed E-state index contributed by atoms with van der Waals surface area (Å²) in [5.74, 6) is 0.397. The Kier molecular flexibility index (Phi) is 4.39. The molecule has 2 amide bonds. The monoisotopic (exact) mass is 262 g/mol. The average molecular weight is 262 g/mol. The van der Waals surface area contributed by atoms with Crippen LogP contribution in [-0.2, 0) is 11.2 Å². The van der Waals surface area contributed by atoms with Gasteiger partial charge in [0.15, 0.2) is 0 Å². The van der Waals surface area contributed by atoms with Crippen molar-refractivity contribution in [1.82, 2.24) is 10.2 Å². The van der Waals surface area contributed by atoms with E-state index in [1.54, 1.807) is 0 Å². The third kappa shape index (κ3) is 3.98. The van der Waals surface area contributed by atoms with Gasteiger partial charge in [0, 0.05) is 19.6 Å². The third-order valence-electron chi connectivity index (χ3n) is 3.31. The molecular formula is C14H18N2O3. The molecule has 1 saturated heterocycles. The quantitative estimate of drug-likeness (QED) is 0.841. The first-order valence-corrected chi connectivity index (χ1v) is 6.43. The summed E-state index contributed by atoms with van der Waals surface area (Å²) in [4.78, 5) is 23.6. The van der Waals surface area contributed by atoms with E-state index in [-0.39, 0.29) is 5.91 Å². The highest BCUT2D eigenvalue weighted by Crippen LogP contribution is 2.18. The number of carbonyl (C=O) groups is 2. The molecule has 0 saturated carbocycles. The van der Waals surface area contributed by atoms with E-state index in [9.17, 15) is 9.59 Å². The summed E-state index contributed by atoms with van der Waals surface area (Å²) in [7, 11) is 0. The van der Waals surface area contributed by atoms with Gasteiger partial charge in [0.1, 0.15) is 0 Å². The van der Waals surface area contributed by atoms with Crippen LogP contribution < -0.4 is 5.32 Å². The van der Waals surface area contributed by atoms with Crippen molar-refractivity contribution in [2.45, 2.75) is 12.8 Å². The molecule has 2 rings (SSSR count). The number of likely N-dealkylation sites (tertiary alicyclic amines) is 1. The predicted molar refractivity (Wildman–Crippen MR) is 70.9 cm³/mol. The van der Waals surface area contributed by atoms with Gasteiger partial charge in [-0.25, -0.2) is 4.79 Å². The normalized spacial score (nSPS) is 14.8. The van der Waals surface area contributed by atoms with Crippen molar-refractivity contribution in [3.63, 3.8) is 0 Å². The second-order valence-corrected chi connectivity index (χ2v) is 4.85. The van der Waals surface area contributed by atoms with Crippen molar-refractivity contribution < 1.29 is 14.7 Å². The molecule has 0 radical (unpaired) electrons. The minimum atomic E-state index is -0.857. The van der Waals surface area contributed by atoms with E-state index in [0.29, 0.717) is 32.0 Å². The van der Waals surface area contributed by atoms with Crippen LogP contribution in [0, 0.1) is 5.92 Å². The summed E-state index contributed by atoms with van der Waals surface area (Å²) < 4.78 is 0. The molecule has 0 spiro atoms. The summed E-state index contributed by atoms with van der Waals surface area (Å²) in [6, 6.07) is 9.60. The maximum Gasteiger partial charge on any atom is 0.407 e. The number of carbonyl (C=O) groups excluding carboxylic acids is 1. The fraction of sp³-hybridized carbons (Fsp3) is 0.429. The zero-order chi connectivity index (χ0) is 13.7. The van der Waals surface area contributed by atoms with Crippen LogP contribution in [0.15, 0.2) is 30.3 Å². The first-order valence-electron chi connectivity index (χ1n) is 6.43. The van der Waals surface area contributed by atoms with E-state index in [0.717, 1.165) is 12.0 Å². The van der Waals surface area contributed by atoms with Crippen LogP contribution in [0.3, 0.4) is 0 Å². The molecule has 1 aromatic rings. The van der Waals surface area contributed by atoms with Gasteiger partial charge >= 0.3 is 6.09 Å². The van der Waals surface area contributed by atoms with Gasteiger partial charge in [-0.1, -0.05) is 30.3 Å². The third-order valence-corrected chi connectivity index (χ3v) is 3.31. The molecule has 5 nitrogen and oxygen atoms in total. The van der Waals surface area contributed by atoms with E-state index in [4.69, 9.17) is 5.11 Å². The fourth-order valence-corrected chi connectivity index (χ4v) is 2.17. The van der Waals surface area contributed by atoms with Crippen LogP contribution in [0.4, 0.5) is 4.79 Å². The van der Waals surface area contributed by atoms with Crippen LogP contribution in [0.1, 0.15) is 12.0 Å². The van der Waals surface area contributed by atoms with Gasteiger partial charge in [-0.3, -0.25) is 4.79 Å². The Balaban J connectivity index is 1.59. The van der Waals surface area contributed by atoms with Crippen molar-refractivity contribution in [3.05, 3.63) is 35.9 Å². The highest BCUT2D eigenvalue weighted by atomic mass is 16.4. The Morgan fingerprint density at radius 1 is 1.26 bits per heavy atom. The van der Waals surface area contributed by atoms with Crippen molar-refractivity contribution in [1.29, 1.82) is 0 Å². The summed E-state index contributed by atoms with van der Waals surface area (Å²) in [6.45, 7) is 1.79. The van der Waals surface area contributed by atoms with Crippen molar-refractivity contribution in [2.24, 2.45) is 5.92 Å². The van der Waals surface area contributed by atoms with Gasteiger partial charge in [-0.2, -0.15) is 0 Å². The average Bonchev–Trinajstić information content (AvgIpc) is 2.32. The number of hydrogen-bond donors (Lipinski definition) is 2. The molecule has 1 aromatic carbocycles. The summed E-state index contributed by atoms with van der Waals surface area (Å²) in [5.41, 5.74) is 1.00. The van der Waals surface area contributed by atoms with Gasteiger partial charge < -0.3 is 15.3 Å². The van der Waals surface area contributed by atoms with Gasteiger partial charge in [0.2, 0.25) is 5.91 Å². The Morgan fingerprint density at radius 2 is 1.95 bits per heavy atom. The van der Waals surface area contributed by atoms with E-state index >= 15 is 0 Å². The molecule has 0 bridgehead atoms. The zero-order valence-electron chi connectivity index (χ0n) is 10.7. The lowest BCUT2D eigenvalue weighted by Gasteiger charge is -2.37. The molecule has 1 heterocycles. The largest absolute Gasteiger partial charge is 0.465 e. The van der Waals surface area contributed by atoms with Crippen LogP contribution >= 0.6 is 0 Å². The Labute approximate surface area is 112 Å². The maximum absolute atomic E-state index is 11.7. The smallest absolute Gasteiger partial charge is 0.407 e. The minimum Gasteiger partial charge on any atom is -0.465 e. The highest BCUT2D eigenvalue weighted by molar-refractivity contribution is 5.78. The van der Waals surface area contributed by atoms with Crippen LogP contribution in [0.2, 0.25) is 0 Å². The van der Waals surface area contributed by atoms with Crippen LogP contribution in [0.25, 0.3) is 0 Å². The Bertz CT molecular complexity index is 441. The number of nitrogens with one attached hydrogen (secondary N) is 1. The first-order chi connectivity index (χ1) is 9.15. The van der Waals surface area contributed by atoms with E-state index in [1.165, 1.54) is 4.90 Å². The Hall–Kier alpha value is -2.04. The van der Waals surface area contributed by atoms with Gasteiger partial charge in [0.25, 0.3) is 0 Å². The lowest BCUT2D eigenvalue weighted by atomic mass is 9.97. The van der Waals surface area contributed by atoms with Crippen molar-refractivity contribution in [2.75, 3.05) is 19.6 Å². The number of benzene rings is 1. The highest BCUT2D eigenvalue weighted by Gasteiger charge is 2.29. The van der Waals surface area contributed by atoms with Gasteiger partial charge in [0.05, 0.1) is 6.42 Å². The molecule has 5 heteroatoms. The molecule has 19 heavy (non-hydrogen) atoms. The molecule has 1 aliphatic heterocycles. The number of amides is 2. The topological polar surface area (TPSA) is 69.6 Å². The predicted octanol–water partition coefficient (Wildman–Crippen LogP) is 1.35. The molecule has 102 valence electrons. The van der Waals surface area contributed by atoms with Crippen LogP contribution in [0.5, 0.6) is 0 Å². The number of nitrogens with zero attached hydrogens (tertiary/aromatic N) is 1. The molecule has 1 aliphatic rings. The SMILES string of the molecule is O=C(Cc1ccccc1)NCCC1CN(C(=O)O)C1. The van der Waals surface area contributed by atoms with Crippen molar-refractivity contribution >= 4 is 12.0 Å². The maximum atomic E-state index is 11.7. The second-order valence-electron chi connectivity index (χ2n) is 4.85. The van der Waals surface area contributed by atoms with E-state index in [1.807, 2.05) is 30.3 Å². The van der Waals surface area contributed by atoms with Gasteiger partial charge in [-0.15, -0.1) is 0 Å². The standard InChI is InChI=1S/C14H18N2O3/c17-13(8-11-4-2-1-3-5-11)15-7-6-12-9-16(10-12)14(18)19/h1-5,12H,6-10H2,(H,15,17)(H,18,19). The summed E-state index contributed by atoms with van der Waals surface area (Å²) in [6.07, 6.45) is 0.376. The lowest BCUT2D eigenvalue weighted by Crippen LogP contribution is -2.50. The number of rotatable bonds is 5. The number of hydrogen-bond acceptors (Lipinski definition) is 2. The van der Waals surface area contributed by atoms with Crippen molar-refractivity contribution in [3.8, 4) is 0 Å². The molecule has 0 atom stereocenters. The molecular weight excluding hydrogens is 244 g/mol. The summed E-state index contributed by atoms with van der Waals surface area (Å²) in [5, 5.41) is 11.6. The van der Waals surface area contributed by atoms with E-state index in [2.05, 4.69) is 5.32 Å². The molecule has 2 N–H and O–H groups in total. The second kappa shape index (κ2) is 6.22. The molecule has 0 aromatic heterocycles. The molecule has 1 fully saturated rings.